The van der Waals surface area contributed by atoms with Crippen molar-refractivity contribution < 1.29 is 14.3 Å². The van der Waals surface area contributed by atoms with E-state index >= 15 is 0 Å². The van der Waals surface area contributed by atoms with Gasteiger partial charge in [-0.15, -0.1) is 6.58 Å². The van der Waals surface area contributed by atoms with Gasteiger partial charge in [0, 0.05) is 12.7 Å². The second-order valence-electron chi connectivity index (χ2n) is 3.37. The van der Waals surface area contributed by atoms with Crippen molar-refractivity contribution in [2.75, 3.05) is 32.2 Å². The monoisotopic (exact) mass is 251 g/mol. The van der Waals surface area contributed by atoms with Gasteiger partial charge < -0.3 is 14.8 Å². The van der Waals surface area contributed by atoms with E-state index in [0.29, 0.717) is 25.6 Å². The molecule has 6 nitrogen and oxygen atoms in total. The van der Waals surface area contributed by atoms with Crippen LogP contribution in [0.2, 0.25) is 0 Å². The fourth-order valence-corrected chi connectivity index (χ4v) is 1.17. The summed E-state index contributed by atoms with van der Waals surface area (Å²) in [6.07, 6.45) is 4.14. The molecule has 0 aliphatic heterocycles. The minimum Gasteiger partial charge on any atom is -0.463 e. The normalized spacial score (nSPS) is 9.83. The summed E-state index contributed by atoms with van der Waals surface area (Å²) >= 11 is 0. The second-order valence-corrected chi connectivity index (χ2v) is 3.37. The van der Waals surface area contributed by atoms with Crippen LogP contribution in [-0.2, 0) is 9.47 Å². The third-order valence-electron chi connectivity index (χ3n) is 2.04. The molecule has 0 fully saturated rings. The Kier molecular flexibility index (Phi) is 6.42. The summed E-state index contributed by atoms with van der Waals surface area (Å²) in [6, 6.07) is 1.68. The van der Waals surface area contributed by atoms with E-state index in [1.54, 1.807) is 12.1 Å². The van der Waals surface area contributed by atoms with Gasteiger partial charge in [-0.05, 0) is 12.5 Å². The van der Waals surface area contributed by atoms with E-state index in [1.807, 2.05) is 0 Å². The Labute approximate surface area is 106 Å². The molecule has 18 heavy (non-hydrogen) atoms. The minimum atomic E-state index is -0.555. The lowest BCUT2D eigenvalue weighted by Crippen LogP contribution is -2.13. The molecule has 0 amide bonds. The van der Waals surface area contributed by atoms with Gasteiger partial charge in [-0.1, -0.05) is 6.08 Å². The van der Waals surface area contributed by atoms with E-state index in [1.165, 1.54) is 13.3 Å². The molecule has 0 saturated carbocycles. The summed E-state index contributed by atoms with van der Waals surface area (Å²) < 4.78 is 9.86. The molecule has 0 bridgehead atoms. The zero-order valence-electron chi connectivity index (χ0n) is 10.4. The molecule has 1 N–H and O–H groups in total. The van der Waals surface area contributed by atoms with Crippen molar-refractivity contribution in [3.63, 3.8) is 0 Å². The SMILES string of the molecule is C=CCCOCCNc1ccnc(C(=O)OC)n1. The predicted octanol–water partition coefficient (Wildman–Crippen LogP) is 1.27. The smallest absolute Gasteiger partial charge is 0.376 e. The Hall–Kier alpha value is -1.95. The van der Waals surface area contributed by atoms with Crippen LogP contribution in [0.3, 0.4) is 0 Å². The highest BCUT2D eigenvalue weighted by molar-refractivity contribution is 5.85. The molecule has 0 aliphatic rings. The summed E-state index contributed by atoms with van der Waals surface area (Å²) in [5, 5.41) is 3.03. The first-order valence-electron chi connectivity index (χ1n) is 5.61. The molecule has 1 aromatic heterocycles. The van der Waals surface area contributed by atoms with Crippen molar-refractivity contribution in [1.82, 2.24) is 9.97 Å². The maximum absolute atomic E-state index is 11.2. The molecular formula is C12H17N3O3. The lowest BCUT2D eigenvalue weighted by molar-refractivity contribution is 0.0587. The molecule has 6 heteroatoms. The molecule has 0 aliphatic carbocycles. The van der Waals surface area contributed by atoms with E-state index in [4.69, 9.17) is 4.74 Å². The average Bonchev–Trinajstić information content (AvgIpc) is 2.42. The Morgan fingerprint density at radius 1 is 1.56 bits per heavy atom. The summed E-state index contributed by atoms with van der Waals surface area (Å²) in [7, 11) is 1.29. The minimum absolute atomic E-state index is 0.0371. The average molecular weight is 251 g/mol. The Balaban J connectivity index is 2.33. The summed E-state index contributed by atoms with van der Waals surface area (Å²) in [5.74, 6) is 0.0497. The van der Waals surface area contributed by atoms with Crippen LogP contribution in [0.25, 0.3) is 0 Å². The third kappa shape index (κ3) is 4.92. The number of nitrogens with one attached hydrogen (secondary N) is 1. The molecule has 1 aromatic rings. The number of nitrogens with zero attached hydrogens (tertiary/aromatic N) is 2. The number of carbonyl (C=O) groups excluding carboxylic acids is 1. The Morgan fingerprint density at radius 3 is 3.11 bits per heavy atom. The number of rotatable bonds is 8. The molecule has 0 spiro atoms. The van der Waals surface area contributed by atoms with E-state index in [-0.39, 0.29) is 5.82 Å². The summed E-state index contributed by atoms with van der Waals surface area (Å²) in [6.45, 7) is 5.43. The molecular weight excluding hydrogens is 234 g/mol. The Morgan fingerprint density at radius 2 is 2.39 bits per heavy atom. The van der Waals surface area contributed by atoms with Crippen LogP contribution in [0.5, 0.6) is 0 Å². The largest absolute Gasteiger partial charge is 0.463 e. The van der Waals surface area contributed by atoms with Gasteiger partial charge in [-0.25, -0.2) is 14.8 Å². The molecule has 0 aromatic carbocycles. The third-order valence-corrected chi connectivity index (χ3v) is 2.04. The maximum Gasteiger partial charge on any atom is 0.376 e. The standard InChI is InChI=1S/C12H17N3O3/c1-3-4-8-18-9-7-13-10-5-6-14-11(15-10)12(16)17-2/h3,5-6H,1,4,7-9H2,2H3,(H,13,14,15). The fraction of sp³-hybridized carbons (Fsp3) is 0.417. The van der Waals surface area contributed by atoms with Crippen molar-refractivity contribution in [1.29, 1.82) is 0 Å². The van der Waals surface area contributed by atoms with Gasteiger partial charge in [0.2, 0.25) is 5.82 Å². The number of aromatic nitrogens is 2. The Bertz CT molecular complexity index is 396. The van der Waals surface area contributed by atoms with E-state index in [9.17, 15) is 4.79 Å². The van der Waals surface area contributed by atoms with Gasteiger partial charge in [0.25, 0.3) is 0 Å². The van der Waals surface area contributed by atoms with Crippen molar-refractivity contribution >= 4 is 11.8 Å². The van der Waals surface area contributed by atoms with Crippen LogP contribution in [0.15, 0.2) is 24.9 Å². The number of anilines is 1. The number of esters is 1. The van der Waals surface area contributed by atoms with Crippen molar-refractivity contribution in [3.05, 3.63) is 30.7 Å². The van der Waals surface area contributed by atoms with E-state index in [2.05, 4.69) is 26.6 Å². The first-order chi connectivity index (χ1) is 8.77. The fourth-order valence-electron chi connectivity index (χ4n) is 1.17. The topological polar surface area (TPSA) is 73.3 Å². The van der Waals surface area contributed by atoms with Gasteiger partial charge in [-0.3, -0.25) is 0 Å². The number of methoxy groups -OCH3 is 1. The van der Waals surface area contributed by atoms with Gasteiger partial charge in [0.15, 0.2) is 0 Å². The van der Waals surface area contributed by atoms with Crippen LogP contribution in [0.4, 0.5) is 5.82 Å². The lowest BCUT2D eigenvalue weighted by atomic mass is 10.4. The van der Waals surface area contributed by atoms with Gasteiger partial charge in [0.05, 0.1) is 20.3 Å². The highest BCUT2D eigenvalue weighted by Gasteiger charge is 2.08. The zero-order chi connectivity index (χ0) is 13.2. The molecule has 1 heterocycles. The number of carbonyl (C=O) groups is 1. The number of hydrogen-bond donors (Lipinski definition) is 1. The van der Waals surface area contributed by atoms with Gasteiger partial charge in [0.1, 0.15) is 5.82 Å². The number of ether oxygens (including phenoxy) is 2. The van der Waals surface area contributed by atoms with Crippen molar-refractivity contribution in [2.45, 2.75) is 6.42 Å². The first kappa shape index (κ1) is 14.1. The molecule has 0 radical (unpaired) electrons. The van der Waals surface area contributed by atoms with Crippen molar-refractivity contribution in [2.24, 2.45) is 0 Å². The first-order valence-corrected chi connectivity index (χ1v) is 5.61. The summed E-state index contributed by atoms with van der Waals surface area (Å²) in [5.41, 5.74) is 0. The van der Waals surface area contributed by atoms with Gasteiger partial charge >= 0.3 is 5.97 Å². The molecule has 0 saturated heterocycles. The van der Waals surface area contributed by atoms with Gasteiger partial charge in [-0.2, -0.15) is 0 Å². The highest BCUT2D eigenvalue weighted by Crippen LogP contribution is 2.02. The zero-order valence-corrected chi connectivity index (χ0v) is 10.4. The van der Waals surface area contributed by atoms with Crippen molar-refractivity contribution in [3.8, 4) is 0 Å². The molecule has 0 unspecified atom stereocenters. The molecule has 98 valence electrons. The summed E-state index contributed by atoms with van der Waals surface area (Å²) in [4.78, 5) is 19.0. The molecule has 0 atom stereocenters. The number of hydrogen-bond acceptors (Lipinski definition) is 6. The highest BCUT2D eigenvalue weighted by atomic mass is 16.5. The maximum atomic E-state index is 11.2. The van der Waals surface area contributed by atoms with E-state index < -0.39 is 5.97 Å². The molecule has 1 rings (SSSR count). The van der Waals surface area contributed by atoms with E-state index in [0.717, 1.165) is 6.42 Å². The lowest BCUT2D eigenvalue weighted by Gasteiger charge is -2.06. The van der Waals surface area contributed by atoms with Crippen LogP contribution in [0.1, 0.15) is 17.0 Å². The van der Waals surface area contributed by atoms with Crippen LogP contribution < -0.4 is 5.32 Å². The predicted molar refractivity (Wildman–Crippen MR) is 67.5 cm³/mol. The van der Waals surface area contributed by atoms with Crippen LogP contribution in [0, 0.1) is 0 Å². The van der Waals surface area contributed by atoms with Crippen LogP contribution in [-0.4, -0.2) is 42.8 Å². The van der Waals surface area contributed by atoms with Crippen LogP contribution >= 0.6 is 0 Å². The quantitative estimate of drug-likeness (QED) is 0.426. The second kappa shape index (κ2) is 8.19.